The zero-order valence-electron chi connectivity index (χ0n) is 19.2. The first-order valence-corrected chi connectivity index (χ1v) is 11.8. The molecule has 10 nitrogen and oxygen atoms in total. The summed E-state index contributed by atoms with van der Waals surface area (Å²) < 4.78 is 12.4. The number of hydrogen-bond acceptors (Lipinski definition) is 8. The quantitative estimate of drug-likeness (QED) is 0.650. The molecule has 33 heavy (non-hydrogen) atoms. The van der Waals surface area contributed by atoms with Gasteiger partial charge in [0.1, 0.15) is 11.7 Å². The lowest BCUT2D eigenvalue weighted by Gasteiger charge is -2.34. The van der Waals surface area contributed by atoms with E-state index < -0.39 is 11.8 Å². The molecule has 1 aliphatic carbocycles. The van der Waals surface area contributed by atoms with Crippen LogP contribution in [-0.4, -0.2) is 62.7 Å². The van der Waals surface area contributed by atoms with E-state index in [1.807, 2.05) is 17.8 Å². The predicted molar refractivity (Wildman–Crippen MR) is 122 cm³/mol. The summed E-state index contributed by atoms with van der Waals surface area (Å²) in [7, 11) is 0. The maximum absolute atomic E-state index is 10.9. The van der Waals surface area contributed by atoms with Crippen LogP contribution in [-0.2, 0) is 20.9 Å². The number of aromatic nitrogens is 3. The van der Waals surface area contributed by atoms with Gasteiger partial charge in [0.05, 0.1) is 22.5 Å². The van der Waals surface area contributed by atoms with Crippen molar-refractivity contribution in [3.63, 3.8) is 0 Å². The van der Waals surface area contributed by atoms with Crippen LogP contribution in [0.2, 0.25) is 0 Å². The normalized spacial score (nSPS) is 25.8. The summed E-state index contributed by atoms with van der Waals surface area (Å²) in [5.74, 6) is 0. The van der Waals surface area contributed by atoms with Gasteiger partial charge in [0, 0.05) is 44.0 Å². The molecule has 2 aromatic heterocycles. The molecule has 1 saturated heterocycles. The molecule has 3 aliphatic rings. The Morgan fingerprint density at radius 3 is 2.76 bits per heavy atom. The minimum absolute atomic E-state index is 0.271. The Labute approximate surface area is 192 Å². The van der Waals surface area contributed by atoms with Gasteiger partial charge in [-0.15, -0.1) is 0 Å². The molecule has 5 rings (SSSR count). The van der Waals surface area contributed by atoms with Crippen molar-refractivity contribution in [2.45, 2.75) is 83.1 Å². The van der Waals surface area contributed by atoms with Crippen molar-refractivity contribution in [3.05, 3.63) is 17.5 Å². The van der Waals surface area contributed by atoms with E-state index in [-0.39, 0.29) is 6.10 Å². The molecule has 0 amide bonds. The summed E-state index contributed by atoms with van der Waals surface area (Å²) >= 11 is 0. The van der Waals surface area contributed by atoms with Crippen LogP contribution in [0.15, 0.2) is 11.4 Å². The Morgan fingerprint density at radius 1 is 1.30 bits per heavy atom. The van der Waals surface area contributed by atoms with E-state index in [9.17, 15) is 4.79 Å². The van der Waals surface area contributed by atoms with E-state index >= 15 is 0 Å². The molecule has 178 valence electrons. The summed E-state index contributed by atoms with van der Waals surface area (Å²) in [6.07, 6.45) is 5.67. The lowest BCUT2D eigenvalue weighted by molar-refractivity contribution is -0.0738. The van der Waals surface area contributed by atoms with Gasteiger partial charge in [0.2, 0.25) is 0 Å². The van der Waals surface area contributed by atoms with Crippen molar-refractivity contribution in [2.24, 2.45) is 5.16 Å². The third-order valence-corrected chi connectivity index (χ3v) is 7.07. The van der Waals surface area contributed by atoms with Crippen LogP contribution in [0.5, 0.6) is 0 Å². The highest BCUT2D eigenvalue weighted by Crippen LogP contribution is 2.42. The highest BCUT2D eigenvalue weighted by molar-refractivity contribution is 6.11. The first kappa shape index (κ1) is 21.9. The Balaban J connectivity index is 1.44. The van der Waals surface area contributed by atoms with Crippen LogP contribution < -0.4 is 5.32 Å². The van der Waals surface area contributed by atoms with Crippen LogP contribution in [0, 0.1) is 6.92 Å². The van der Waals surface area contributed by atoms with Crippen molar-refractivity contribution in [1.29, 1.82) is 0 Å². The number of ether oxygens (including phenoxy) is 2. The number of nitrogens with zero attached hydrogens (tertiary/aromatic N) is 4. The second-order valence-electron chi connectivity index (χ2n) is 9.25. The molecule has 2 aromatic rings. The van der Waals surface area contributed by atoms with Crippen LogP contribution >= 0.6 is 0 Å². The number of aryl methyl sites for hydroxylation is 2. The fourth-order valence-electron chi connectivity index (χ4n) is 5.27. The number of hydrogen-bond donors (Lipinski definition) is 2. The van der Waals surface area contributed by atoms with Gasteiger partial charge >= 0.3 is 6.16 Å². The Hall–Kier alpha value is -2.88. The van der Waals surface area contributed by atoms with Gasteiger partial charge in [-0.1, -0.05) is 5.16 Å². The summed E-state index contributed by atoms with van der Waals surface area (Å²) in [5.41, 5.74) is 4.26. The molecule has 0 atom stereocenters. The minimum atomic E-state index is -1.22. The van der Waals surface area contributed by atoms with E-state index in [2.05, 4.69) is 17.4 Å². The molecule has 0 bridgehead atoms. The van der Waals surface area contributed by atoms with Gasteiger partial charge in [-0.05, 0) is 52.4 Å². The predicted octanol–water partition coefficient (Wildman–Crippen LogP) is 3.85. The molecule has 2 N–H and O–H groups in total. The zero-order valence-corrected chi connectivity index (χ0v) is 19.2. The van der Waals surface area contributed by atoms with Crippen molar-refractivity contribution < 1.29 is 24.2 Å². The Bertz CT molecular complexity index is 1070. The minimum Gasteiger partial charge on any atom is -0.450 e. The van der Waals surface area contributed by atoms with Crippen LogP contribution in [0.25, 0.3) is 11.0 Å². The highest BCUT2D eigenvalue weighted by atomic mass is 16.7. The summed E-state index contributed by atoms with van der Waals surface area (Å²) in [6, 6.07) is 0.313. The third-order valence-electron chi connectivity index (χ3n) is 7.07. The fraction of sp³-hybridized carbons (Fsp3) is 0.652. The van der Waals surface area contributed by atoms with Crippen LogP contribution in [0.1, 0.15) is 63.1 Å². The maximum atomic E-state index is 10.9. The second-order valence-corrected chi connectivity index (χ2v) is 9.25. The molecule has 4 heterocycles. The molecule has 10 heteroatoms. The van der Waals surface area contributed by atoms with Gasteiger partial charge in [0.25, 0.3) is 0 Å². The molecule has 2 aliphatic heterocycles. The van der Waals surface area contributed by atoms with Crippen LogP contribution in [0.4, 0.5) is 10.5 Å². The van der Waals surface area contributed by atoms with E-state index in [0.717, 1.165) is 66.3 Å². The second kappa shape index (κ2) is 8.81. The van der Waals surface area contributed by atoms with E-state index in [1.54, 1.807) is 0 Å². The van der Waals surface area contributed by atoms with Crippen molar-refractivity contribution in [3.8, 4) is 0 Å². The fourth-order valence-corrected chi connectivity index (χ4v) is 5.27. The van der Waals surface area contributed by atoms with Crippen molar-refractivity contribution >= 4 is 28.6 Å². The molecule has 0 radical (unpaired) electrons. The van der Waals surface area contributed by atoms with Gasteiger partial charge in [-0.25, -0.2) is 14.5 Å². The molecule has 1 spiro atoms. The molecular weight excluding hydrogens is 426 g/mol. The molecule has 2 fully saturated rings. The van der Waals surface area contributed by atoms with Gasteiger partial charge in [-0.2, -0.15) is 5.10 Å². The van der Waals surface area contributed by atoms with E-state index in [1.165, 1.54) is 0 Å². The molecular formula is C23H31N5O5. The SMILES string of the molecule is CCn1nc(C)c2c(NC3CCOCC3)c(C3=NOC4(CCC(OC(=O)O)CC4)C3)cnc21. The summed E-state index contributed by atoms with van der Waals surface area (Å²) in [5, 5.41) is 22.9. The molecule has 0 aromatic carbocycles. The maximum Gasteiger partial charge on any atom is 0.506 e. The monoisotopic (exact) mass is 457 g/mol. The highest BCUT2D eigenvalue weighted by Gasteiger charge is 2.44. The number of rotatable bonds is 5. The largest absolute Gasteiger partial charge is 0.506 e. The number of fused-ring (bicyclic) bond motifs is 1. The van der Waals surface area contributed by atoms with Crippen molar-refractivity contribution in [1.82, 2.24) is 14.8 Å². The van der Waals surface area contributed by atoms with E-state index in [0.29, 0.717) is 38.1 Å². The first-order valence-electron chi connectivity index (χ1n) is 11.8. The molecule has 1 saturated carbocycles. The number of anilines is 1. The number of nitrogens with one attached hydrogen (secondary N) is 1. The first-order chi connectivity index (χ1) is 16.0. The Morgan fingerprint density at radius 2 is 2.06 bits per heavy atom. The number of carboxylic acid groups (broad SMARTS) is 1. The number of carbonyl (C=O) groups is 1. The lowest BCUT2D eigenvalue weighted by atomic mass is 9.79. The van der Waals surface area contributed by atoms with Gasteiger partial charge < -0.3 is 24.7 Å². The molecule has 0 unspecified atom stereocenters. The smallest absolute Gasteiger partial charge is 0.450 e. The van der Waals surface area contributed by atoms with Crippen molar-refractivity contribution in [2.75, 3.05) is 18.5 Å². The summed E-state index contributed by atoms with van der Waals surface area (Å²) in [4.78, 5) is 21.6. The summed E-state index contributed by atoms with van der Waals surface area (Å²) in [6.45, 7) is 6.34. The zero-order chi connectivity index (χ0) is 23.0. The van der Waals surface area contributed by atoms with Gasteiger partial charge in [-0.3, -0.25) is 0 Å². The number of oxime groups is 1. The average molecular weight is 458 g/mol. The third kappa shape index (κ3) is 4.23. The number of pyridine rings is 1. The standard InChI is InChI=1S/C23H31N5O5/c1-3-28-21-19(14(2)26-28)20(25-15-6-10-31-11-7-15)17(13-24-21)18-12-23(33-27-18)8-4-16(5-9-23)32-22(29)30/h13,15-16H,3-12H2,1-2H3,(H,24,25)(H,29,30). The van der Waals surface area contributed by atoms with E-state index in [4.69, 9.17) is 29.5 Å². The Kier molecular flexibility index (Phi) is 5.86. The average Bonchev–Trinajstić information content (AvgIpc) is 3.37. The lowest BCUT2D eigenvalue weighted by Crippen LogP contribution is -2.37. The van der Waals surface area contributed by atoms with Crippen LogP contribution in [0.3, 0.4) is 0 Å². The topological polar surface area (TPSA) is 120 Å². The van der Waals surface area contributed by atoms with Gasteiger partial charge in [0.15, 0.2) is 5.65 Å².